The van der Waals surface area contributed by atoms with Crippen LogP contribution < -0.4 is 5.32 Å². The molecule has 15 heavy (non-hydrogen) atoms. The molecular weight excluding hydrogens is 236 g/mol. The van der Waals surface area contributed by atoms with Crippen LogP contribution in [0.2, 0.25) is 4.34 Å². The standard InChI is InChI=1S/C9H13ClN2O2S/c1-2-14-9(13)3-4-11-6-8-12-5-7(10)15-8/h5,11H,2-4,6H2,1H3. The highest BCUT2D eigenvalue weighted by Gasteiger charge is 2.02. The van der Waals surface area contributed by atoms with Crippen molar-refractivity contribution in [3.8, 4) is 0 Å². The third kappa shape index (κ3) is 5.11. The van der Waals surface area contributed by atoms with E-state index < -0.39 is 0 Å². The number of hydrogen-bond acceptors (Lipinski definition) is 5. The molecule has 0 atom stereocenters. The Hall–Kier alpha value is -0.650. The van der Waals surface area contributed by atoms with Gasteiger partial charge < -0.3 is 10.1 Å². The fourth-order valence-corrected chi connectivity index (χ4v) is 1.91. The Bertz CT molecular complexity index is 317. The number of halogens is 1. The Morgan fingerprint density at radius 1 is 1.73 bits per heavy atom. The second kappa shape index (κ2) is 6.76. The lowest BCUT2D eigenvalue weighted by atomic mass is 10.4. The van der Waals surface area contributed by atoms with Gasteiger partial charge in [0.25, 0.3) is 0 Å². The van der Waals surface area contributed by atoms with E-state index in [9.17, 15) is 4.79 Å². The van der Waals surface area contributed by atoms with E-state index in [4.69, 9.17) is 16.3 Å². The molecule has 0 unspecified atom stereocenters. The molecule has 0 aliphatic carbocycles. The molecule has 1 aromatic rings. The van der Waals surface area contributed by atoms with Gasteiger partial charge in [-0.25, -0.2) is 4.98 Å². The molecule has 0 radical (unpaired) electrons. The summed E-state index contributed by atoms with van der Waals surface area (Å²) in [7, 11) is 0. The van der Waals surface area contributed by atoms with Crippen molar-refractivity contribution in [2.24, 2.45) is 0 Å². The number of aromatic nitrogens is 1. The van der Waals surface area contributed by atoms with Crippen molar-refractivity contribution in [3.05, 3.63) is 15.5 Å². The Kier molecular flexibility index (Phi) is 5.60. The van der Waals surface area contributed by atoms with Crippen LogP contribution in [0, 0.1) is 0 Å². The largest absolute Gasteiger partial charge is 0.466 e. The molecule has 1 N–H and O–H groups in total. The fourth-order valence-electron chi connectivity index (χ4n) is 0.989. The van der Waals surface area contributed by atoms with Crippen LogP contribution in [0.4, 0.5) is 0 Å². The molecule has 0 aliphatic heterocycles. The number of carbonyl (C=O) groups is 1. The van der Waals surface area contributed by atoms with Crippen molar-refractivity contribution in [2.75, 3.05) is 13.2 Å². The second-order valence-corrected chi connectivity index (χ2v) is 4.54. The predicted molar refractivity (Wildman–Crippen MR) is 60.1 cm³/mol. The number of nitrogens with one attached hydrogen (secondary N) is 1. The van der Waals surface area contributed by atoms with Crippen molar-refractivity contribution >= 4 is 28.9 Å². The zero-order valence-electron chi connectivity index (χ0n) is 8.46. The van der Waals surface area contributed by atoms with Crippen LogP contribution in [0.25, 0.3) is 0 Å². The Morgan fingerprint density at radius 2 is 2.53 bits per heavy atom. The average Bonchev–Trinajstić information content (AvgIpc) is 2.60. The van der Waals surface area contributed by atoms with Gasteiger partial charge in [-0.2, -0.15) is 0 Å². The lowest BCUT2D eigenvalue weighted by Crippen LogP contribution is -2.18. The lowest BCUT2D eigenvalue weighted by molar-refractivity contribution is -0.142. The molecule has 0 saturated heterocycles. The van der Waals surface area contributed by atoms with E-state index in [0.717, 1.165) is 5.01 Å². The summed E-state index contributed by atoms with van der Waals surface area (Å²) in [6.45, 7) is 3.46. The number of nitrogens with zero attached hydrogens (tertiary/aromatic N) is 1. The first-order chi connectivity index (χ1) is 7.22. The third-order valence-corrected chi connectivity index (χ3v) is 2.73. The first-order valence-corrected chi connectivity index (χ1v) is 5.88. The Balaban J connectivity index is 2.09. The molecule has 4 nitrogen and oxygen atoms in total. The van der Waals surface area contributed by atoms with E-state index >= 15 is 0 Å². The minimum absolute atomic E-state index is 0.179. The van der Waals surface area contributed by atoms with Crippen LogP contribution >= 0.6 is 22.9 Å². The van der Waals surface area contributed by atoms with Gasteiger partial charge in [-0.05, 0) is 6.92 Å². The second-order valence-electron chi connectivity index (χ2n) is 2.79. The highest BCUT2D eigenvalue weighted by atomic mass is 35.5. The first kappa shape index (κ1) is 12.4. The van der Waals surface area contributed by atoms with Crippen LogP contribution in [0.3, 0.4) is 0 Å². The maximum Gasteiger partial charge on any atom is 0.307 e. The molecular formula is C9H13ClN2O2S. The van der Waals surface area contributed by atoms with Crippen LogP contribution in [0.5, 0.6) is 0 Å². The summed E-state index contributed by atoms with van der Waals surface area (Å²) >= 11 is 7.15. The van der Waals surface area contributed by atoms with Gasteiger partial charge in [0.15, 0.2) is 0 Å². The summed E-state index contributed by atoms with van der Waals surface area (Å²) < 4.78 is 5.46. The maximum atomic E-state index is 11.0. The van der Waals surface area contributed by atoms with E-state index in [2.05, 4.69) is 10.3 Å². The van der Waals surface area contributed by atoms with E-state index in [1.54, 1.807) is 13.1 Å². The van der Waals surface area contributed by atoms with Crippen molar-refractivity contribution in [1.29, 1.82) is 0 Å². The molecule has 0 aliphatic rings. The fraction of sp³-hybridized carbons (Fsp3) is 0.556. The molecule has 0 spiro atoms. The number of carbonyl (C=O) groups excluding carboxylic acids is 1. The molecule has 0 bridgehead atoms. The van der Waals surface area contributed by atoms with Crippen LogP contribution in [-0.4, -0.2) is 24.1 Å². The van der Waals surface area contributed by atoms with Crippen molar-refractivity contribution in [2.45, 2.75) is 19.9 Å². The van der Waals surface area contributed by atoms with E-state index in [0.29, 0.717) is 30.5 Å². The van der Waals surface area contributed by atoms with Gasteiger partial charge in [0.05, 0.1) is 19.2 Å². The third-order valence-electron chi connectivity index (χ3n) is 1.61. The summed E-state index contributed by atoms with van der Waals surface area (Å²) in [5.74, 6) is -0.179. The SMILES string of the molecule is CCOC(=O)CCNCc1ncc(Cl)s1. The molecule has 1 aromatic heterocycles. The van der Waals surface area contributed by atoms with Gasteiger partial charge in [0.2, 0.25) is 0 Å². The quantitative estimate of drug-likeness (QED) is 0.617. The van der Waals surface area contributed by atoms with E-state index in [1.165, 1.54) is 11.3 Å². The molecule has 0 amide bonds. The number of thiazole rings is 1. The Morgan fingerprint density at radius 3 is 3.13 bits per heavy atom. The van der Waals surface area contributed by atoms with Gasteiger partial charge in [0, 0.05) is 13.1 Å². The number of ether oxygens (including phenoxy) is 1. The van der Waals surface area contributed by atoms with E-state index in [-0.39, 0.29) is 5.97 Å². The summed E-state index contributed by atoms with van der Waals surface area (Å²) in [5.41, 5.74) is 0. The highest BCUT2D eigenvalue weighted by molar-refractivity contribution is 7.15. The first-order valence-electron chi connectivity index (χ1n) is 4.69. The molecule has 0 fully saturated rings. The summed E-state index contributed by atoms with van der Waals surface area (Å²) in [5, 5.41) is 4.01. The van der Waals surface area contributed by atoms with Crippen LogP contribution in [0.1, 0.15) is 18.4 Å². The molecule has 1 rings (SSSR count). The Labute approximate surface area is 97.6 Å². The van der Waals surface area contributed by atoms with Crippen molar-refractivity contribution in [1.82, 2.24) is 10.3 Å². The number of esters is 1. The minimum atomic E-state index is -0.179. The monoisotopic (exact) mass is 248 g/mol. The smallest absolute Gasteiger partial charge is 0.307 e. The van der Waals surface area contributed by atoms with Gasteiger partial charge in [-0.1, -0.05) is 11.6 Å². The molecule has 0 aromatic carbocycles. The molecule has 6 heteroatoms. The number of hydrogen-bond donors (Lipinski definition) is 1. The zero-order valence-corrected chi connectivity index (χ0v) is 10.0. The number of rotatable bonds is 6. The van der Waals surface area contributed by atoms with Gasteiger partial charge in [-0.3, -0.25) is 4.79 Å². The normalized spacial score (nSPS) is 10.3. The van der Waals surface area contributed by atoms with E-state index in [1.807, 2.05) is 0 Å². The van der Waals surface area contributed by atoms with Gasteiger partial charge in [0.1, 0.15) is 9.34 Å². The summed E-state index contributed by atoms with van der Waals surface area (Å²) in [4.78, 5) is 15.0. The minimum Gasteiger partial charge on any atom is -0.466 e. The molecule has 84 valence electrons. The average molecular weight is 249 g/mol. The zero-order chi connectivity index (χ0) is 11.1. The van der Waals surface area contributed by atoms with Crippen LogP contribution in [-0.2, 0) is 16.1 Å². The highest BCUT2D eigenvalue weighted by Crippen LogP contribution is 2.17. The topological polar surface area (TPSA) is 51.2 Å². The van der Waals surface area contributed by atoms with Gasteiger partial charge >= 0.3 is 5.97 Å². The molecule has 1 heterocycles. The summed E-state index contributed by atoms with van der Waals surface area (Å²) in [6, 6.07) is 0. The van der Waals surface area contributed by atoms with Gasteiger partial charge in [-0.15, -0.1) is 11.3 Å². The summed E-state index contributed by atoms with van der Waals surface area (Å²) in [6.07, 6.45) is 2.00. The predicted octanol–water partition coefficient (Wildman–Crippen LogP) is 1.84. The van der Waals surface area contributed by atoms with Crippen molar-refractivity contribution in [3.63, 3.8) is 0 Å². The van der Waals surface area contributed by atoms with Crippen LogP contribution in [0.15, 0.2) is 6.20 Å². The molecule has 0 saturated carbocycles. The van der Waals surface area contributed by atoms with Crippen molar-refractivity contribution < 1.29 is 9.53 Å². The lowest BCUT2D eigenvalue weighted by Gasteiger charge is -2.02. The maximum absolute atomic E-state index is 11.0.